The number of rotatable bonds is 5. The summed E-state index contributed by atoms with van der Waals surface area (Å²) in [5.74, 6) is 1.73. The molecule has 0 radical (unpaired) electrons. The Morgan fingerprint density at radius 1 is 1.43 bits per heavy atom. The fourth-order valence-electron chi connectivity index (χ4n) is 2.50. The second-order valence-electron chi connectivity index (χ2n) is 4.93. The molecule has 0 aromatic carbocycles. The van der Waals surface area contributed by atoms with Crippen molar-refractivity contribution in [2.24, 2.45) is 17.8 Å². The van der Waals surface area contributed by atoms with Gasteiger partial charge < -0.3 is 9.84 Å². The molecule has 0 bridgehead atoms. The predicted molar refractivity (Wildman–Crippen MR) is 58.2 cm³/mol. The maximum Gasteiger partial charge on any atom is 0.0594 e. The zero-order chi connectivity index (χ0) is 10.6. The van der Waals surface area contributed by atoms with Crippen molar-refractivity contribution in [1.29, 1.82) is 0 Å². The van der Waals surface area contributed by atoms with Crippen LogP contribution in [0.2, 0.25) is 0 Å². The molecule has 1 rings (SSSR count). The monoisotopic (exact) mass is 200 g/mol. The molecule has 4 unspecified atom stereocenters. The molecule has 0 saturated heterocycles. The molecule has 0 aromatic heterocycles. The summed E-state index contributed by atoms with van der Waals surface area (Å²) in [4.78, 5) is 0. The second-order valence-corrected chi connectivity index (χ2v) is 4.93. The Hall–Kier alpha value is -0.0800. The molecule has 0 spiro atoms. The summed E-state index contributed by atoms with van der Waals surface area (Å²) in [5.41, 5.74) is 0. The molecule has 84 valence electrons. The van der Waals surface area contributed by atoms with Crippen molar-refractivity contribution in [2.75, 3.05) is 13.7 Å². The van der Waals surface area contributed by atoms with Crippen LogP contribution < -0.4 is 0 Å². The minimum Gasteiger partial charge on any atom is -0.393 e. The van der Waals surface area contributed by atoms with E-state index in [1.54, 1.807) is 7.11 Å². The first kappa shape index (κ1) is 12.0. The van der Waals surface area contributed by atoms with Crippen molar-refractivity contribution in [3.63, 3.8) is 0 Å². The highest BCUT2D eigenvalue weighted by Crippen LogP contribution is 2.35. The Bertz CT molecular complexity index is 158. The topological polar surface area (TPSA) is 29.5 Å². The van der Waals surface area contributed by atoms with Gasteiger partial charge in [-0.3, -0.25) is 0 Å². The Labute approximate surface area is 87.7 Å². The smallest absolute Gasteiger partial charge is 0.0594 e. The molecule has 14 heavy (non-hydrogen) atoms. The van der Waals surface area contributed by atoms with Gasteiger partial charge in [0.15, 0.2) is 0 Å². The minimum atomic E-state index is -0.116. The zero-order valence-electron chi connectivity index (χ0n) is 9.70. The van der Waals surface area contributed by atoms with E-state index in [2.05, 4.69) is 13.8 Å². The van der Waals surface area contributed by atoms with Crippen molar-refractivity contribution in [2.45, 2.75) is 45.6 Å². The Morgan fingerprint density at radius 2 is 2.14 bits per heavy atom. The minimum absolute atomic E-state index is 0.116. The van der Waals surface area contributed by atoms with Crippen molar-refractivity contribution in [3.05, 3.63) is 0 Å². The lowest BCUT2D eigenvalue weighted by atomic mass is 9.88. The molecule has 1 fully saturated rings. The molecular formula is C12H24O2. The lowest BCUT2D eigenvalue weighted by Crippen LogP contribution is -2.26. The molecule has 4 atom stereocenters. The molecule has 0 aromatic rings. The van der Waals surface area contributed by atoms with Crippen LogP contribution in [0, 0.1) is 17.8 Å². The van der Waals surface area contributed by atoms with Gasteiger partial charge in [-0.05, 0) is 37.0 Å². The molecule has 1 saturated carbocycles. The van der Waals surface area contributed by atoms with Crippen LogP contribution in [-0.4, -0.2) is 24.9 Å². The molecule has 1 aliphatic rings. The highest BCUT2D eigenvalue weighted by Gasteiger charge is 2.30. The van der Waals surface area contributed by atoms with Gasteiger partial charge in [-0.15, -0.1) is 0 Å². The van der Waals surface area contributed by atoms with Crippen molar-refractivity contribution >= 4 is 0 Å². The number of hydrogen-bond acceptors (Lipinski definition) is 2. The maximum atomic E-state index is 10.1. The van der Waals surface area contributed by atoms with E-state index in [4.69, 9.17) is 4.74 Å². The van der Waals surface area contributed by atoms with E-state index in [0.717, 1.165) is 18.9 Å². The van der Waals surface area contributed by atoms with Gasteiger partial charge in [-0.2, -0.15) is 0 Å². The van der Waals surface area contributed by atoms with E-state index in [1.807, 2.05) is 0 Å². The fraction of sp³-hybridized carbons (Fsp3) is 1.00. The molecule has 1 N–H and O–H groups in total. The van der Waals surface area contributed by atoms with Crippen molar-refractivity contribution < 1.29 is 9.84 Å². The van der Waals surface area contributed by atoms with Crippen LogP contribution in [0.4, 0.5) is 0 Å². The molecule has 0 aliphatic heterocycles. The average molecular weight is 200 g/mol. The average Bonchev–Trinajstić information content (AvgIpc) is 2.60. The highest BCUT2D eigenvalue weighted by molar-refractivity contribution is 4.81. The van der Waals surface area contributed by atoms with Crippen LogP contribution in [0.3, 0.4) is 0 Å². The SMILES string of the molecule is COCCC(C)C(O)C1CCC(C)C1. The van der Waals surface area contributed by atoms with Crippen molar-refractivity contribution in [1.82, 2.24) is 0 Å². The molecule has 2 nitrogen and oxygen atoms in total. The lowest BCUT2D eigenvalue weighted by Gasteiger charge is -2.24. The Morgan fingerprint density at radius 3 is 2.64 bits per heavy atom. The van der Waals surface area contributed by atoms with Gasteiger partial charge in [0.1, 0.15) is 0 Å². The number of hydrogen-bond donors (Lipinski definition) is 1. The fourth-order valence-corrected chi connectivity index (χ4v) is 2.50. The molecule has 0 amide bonds. The van der Waals surface area contributed by atoms with E-state index in [0.29, 0.717) is 11.8 Å². The summed E-state index contributed by atoms with van der Waals surface area (Å²) in [6, 6.07) is 0. The lowest BCUT2D eigenvalue weighted by molar-refractivity contribution is 0.0424. The third-order valence-electron chi connectivity index (χ3n) is 3.58. The van der Waals surface area contributed by atoms with Gasteiger partial charge in [0, 0.05) is 13.7 Å². The van der Waals surface area contributed by atoms with Gasteiger partial charge >= 0.3 is 0 Å². The first-order valence-electron chi connectivity index (χ1n) is 5.82. The quantitative estimate of drug-likeness (QED) is 0.738. The summed E-state index contributed by atoms with van der Waals surface area (Å²) < 4.78 is 5.04. The summed E-state index contributed by atoms with van der Waals surface area (Å²) in [6.45, 7) is 5.18. The first-order chi connectivity index (χ1) is 6.65. The summed E-state index contributed by atoms with van der Waals surface area (Å²) in [5, 5.41) is 10.1. The zero-order valence-corrected chi connectivity index (χ0v) is 9.70. The van der Waals surface area contributed by atoms with Gasteiger partial charge in [0.2, 0.25) is 0 Å². The Balaban J connectivity index is 2.28. The summed E-state index contributed by atoms with van der Waals surface area (Å²) >= 11 is 0. The third-order valence-corrected chi connectivity index (χ3v) is 3.58. The largest absolute Gasteiger partial charge is 0.393 e. The van der Waals surface area contributed by atoms with E-state index < -0.39 is 0 Å². The molecule has 0 heterocycles. The Kier molecular flexibility index (Phi) is 4.90. The van der Waals surface area contributed by atoms with Crippen LogP contribution in [-0.2, 0) is 4.74 Å². The van der Waals surface area contributed by atoms with Crippen LogP contribution in [0.15, 0.2) is 0 Å². The molecule has 2 heteroatoms. The number of aliphatic hydroxyl groups excluding tert-OH is 1. The van der Waals surface area contributed by atoms with Crippen LogP contribution in [0.25, 0.3) is 0 Å². The number of aliphatic hydroxyl groups is 1. The molecule has 1 aliphatic carbocycles. The second kappa shape index (κ2) is 5.72. The van der Waals surface area contributed by atoms with Crippen LogP contribution >= 0.6 is 0 Å². The number of methoxy groups -OCH3 is 1. The van der Waals surface area contributed by atoms with E-state index >= 15 is 0 Å². The standard InChI is InChI=1S/C12H24O2/c1-9-4-5-11(8-9)12(13)10(2)6-7-14-3/h9-13H,4-8H2,1-3H3. The highest BCUT2D eigenvalue weighted by atomic mass is 16.5. The first-order valence-corrected chi connectivity index (χ1v) is 5.82. The van der Waals surface area contributed by atoms with Gasteiger partial charge in [0.25, 0.3) is 0 Å². The van der Waals surface area contributed by atoms with Crippen molar-refractivity contribution in [3.8, 4) is 0 Å². The summed E-state index contributed by atoms with van der Waals surface area (Å²) in [6.07, 6.45) is 4.56. The van der Waals surface area contributed by atoms with Gasteiger partial charge in [-0.25, -0.2) is 0 Å². The normalized spacial score (nSPS) is 31.7. The van der Waals surface area contributed by atoms with Crippen LogP contribution in [0.5, 0.6) is 0 Å². The van der Waals surface area contributed by atoms with Crippen LogP contribution in [0.1, 0.15) is 39.5 Å². The predicted octanol–water partition coefficient (Wildman–Crippen LogP) is 2.46. The maximum absolute atomic E-state index is 10.1. The van der Waals surface area contributed by atoms with E-state index in [1.165, 1.54) is 19.3 Å². The molecular weight excluding hydrogens is 176 g/mol. The number of ether oxygens (including phenoxy) is 1. The summed E-state index contributed by atoms with van der Waals surface area (Å²) in [7, 11) is 1.72. The van der Waals surface area contributed by atoms with E-state index in [-0.39, 0.29) is 6.10 Å². The van der Waals surface area contributed by atoms with E-state index in [9.17, 15) is 5.11 Å². The van der Waals surface area contributed by atoms with Gasteiger partial charge in [0.05, 0.1) is 6.10 Å². The third kappa shape index (κ3) is 3.25. The van der Waals surface area contributed by atoms with Gasteiger partial charge in [-0.1, -0.05) is 20.3 Å².